The van der Waals surface area contributed by atoms with Gasteiger partial charge in [-0.15, -0.1) is 0 Å². The molecule has 0 radical (unpaired) electrons. The van der Waals surface area contributed by atoms with Crippen molar-refractivity contribution < 1.29 is 14.2 Å². The third kappa shape index (κ3) is 2.19. The molecule has 19 heavy (non-hydrogen) atoms. The van der Waals surface area contributed by atoms with Gasteiger partial charge >= 0.3 is 0 Å². The van der Waals surface area contributed by atoms with Crippen LogP contribution < -0.4 is 4.74 Å². The molecule has 0 unspecified atom stereocenters. The lowest BCUT2D eigenvalue weighted by Gasteiger charge is -2.11. The molecule has 1 N–H and O–H groups in total. The maximum Gasteiger partial charge on any atom is 0.219 e. The third-order valence-corrected chi connectivity index (χ3v) is 3.36. The van der Waals surface area contributed by atoms with Gasteiger partial charge in [0.15, 0.2) is 0 Å². The predicted octanol–water partition coefficient (Wildman–Crippen LogP) is 3.30. The molecule has 2 aromatic rings. The lowest BCUT2D eigenvalue weighted by atomic mass is 10.1. The number of nitrogens with zero attached hydrogens (tertiary/aromatic N) is 1. The molecule has 1 atom stereocenters. The van der Waals surface area contributed by atoms with E-state index in [1.165, 1.54) is 6.07 Å². The number of pyridine rings is 1. The number of hydrogen-bond donors (Lipinski definition) is 1. The van der Waals surface area contributed by atoms with Gasteiger partial charge in [-0.05, 0) is 37.5 Å². The Bertz CT molecular complexity index is 610. The highest BCUT2D eigenvalue weighted by molar-refractivity contribution is 5.46. The van der Waals surface area contributed by atoms with Crippen LogP contribution in [0.25, 0.3) is 0 Å². The summed E-state index contributed by atoms with van der Waals surface area (Å²) >= 11 is 0. The van der Waals surface area contributed by atoms with Gasteiger partial charge < -0.3 is 9.84 Å². The number of fused-ring (bicyclic) bond motifs is 1. The predicted molar refractivity (Wildman–Crippen MR) is 68.7 cm³/mol. The van der Waals surface area contributed by atoms with Crippen molar-refractivity contribution in [3.05, 3.63) is 53.0 Å². The summed E-state index contributed by atoms with van der Waals surface area (Å²) in [6.07, 6.45) is 2.14. The molecule has 3 nitrogen and oxygen atoms in total. The van der Waals surface area contributed by atoms with Gasteiger partial charge in [0.25, 0.3) is 0 Å². The van der Waals surface area contributed by atoms with Crippen LogP contribution in [0.3, 0.4) is 0 Å². The van der Waals surface area contributed by atoms with Crippen LogP contribution >= 0.6 is 0 Å². The van der Waals surface area contributed by atoms with E-state index in [9.17, 15) is 9.50 Å². The summed E-state index contributed by atoms with van der Waals surface area (Å²) in [5.74, 6) is 0.675. The van der Waals surface area contributed by atoms with Gasteiger partial charge in [0.1, 0.15) is 11.6 Å². The molecule has 0 saturated carbocycles. The van der Waals surface area contributed by atoms with Crippen molar-refractivity contribution in [3.63, 3.8) is 0 Å². The fourth-order valence-corrected chi connectivity index (χ4v) is 2.38. The Morgan fingerprint density at radius 1 is 1.32 bits per heavy atom. The largest absolute Gasteiger partial charge is 0.439 e. The summed E-state index contributed by atoms with van der Waals surface area (Å²) in [5.41, 5.74) is 2.16. The minimum absolute atomic E-state index is 0.365. The zero-order valence-corrected chi connectivity index (χ0v) is 10.6. The summed E-state index contributed by atoms with van der Waals surface area (Å²) in [4.78, 5) is 4.16. The zero-order valence-electron chi connectivity index (χ0n) is 10.6. The van der Waals surface area contributed by atoms with Gasteiger partial charge in [-0.25, -0.2) is 9.37 Å². The molecule has 1 aromatic heterocycles. The maximum atomic E-state index is 13.7. The molecular weight excluding hydrogens is 245 g/mol. The average Bonchev–Trinajstić information content (AvgIpc) is 2.79. The summed E-state index contributed by atoms with van der Waals surface area (Å²) in [5, 5.41) is 9.78. The standard InChI is InChI=1S/C15H14FNO2/c1-9-2-7-14(17-8-9)19-13-6-4-11(16)15-10(13)3-5-12(15)18/h2,4,6-8,12,18H,3,5H2,1H3/t12-/m1/s1. The van der Waals surface area contributed by atoms with Crippen molar-refractivity contribution in [2.45, 2.75) is 25.9 Å². The summed E-state index contributed by atoms with van der Waals surface area (Å²) < 4.78 is 19.4. The lowest BCUT2D eigenvalue weighted by Crippen LogP contribution is -1.98. The lowest BCUT2D eigenvalue weighted by molar-refractivity contribution is 0.176. The molecule has 98 valence electrons. The van der Waals surface area contributed by atoms with Crippen LogP contribution in [0.15, 0.2) is 30.5 Å². The number of aryl methyl sites for hydroxylation is 1. The van der Waals surface area contributed by atoms with Crippen LogP contribution in [0.1, 0.15) is 29.2 Å². The summed E-state index contributed by atoms with van der Waals surface area (Å²) in [6, 6.07) is 6.60. The van der Waals surface area contributed by atoms with Gasteiger partial charge in [0.2, 0.25) is 5.88 Å². The van der Waals surface area contributed by atoms with Gasteiger partial charge in [0, 0.05) is 23.4 Å². The second-order valence-corrected chi connectivity index (χ2v) is 4.77. The van der Waals surface area contributed by atoms with Crippen LogP contribution in [-0.4, -0.2) is 10.1 Å². The first-order chi connectivity index (χ1) is 9.15. The molecule has 3 rings (SSSR count). The minimum atomic E-state index is -0.732. The molecular formula is C15H14FNO2. The minimum Gasteiger partial charge on any atom is -0.439 e. The van der Waals surface area contributed by atoms with Crippen molar-refractivity contribution in [2.24, 2.45) is 0 Å². The van der Waals surface area contributed by atoms with Crippen LogP contribution in [0.5, 0.6) is 11.6 Å². The Labute approximate surface area is 110 Å². The molecule has 0 saturated heterocycles. The number of ether oxygens (including phenoxy) is 1. The highest BCUT2D eigenvalue weighted by Crippen LogP contribution is 2.39. The van der Waals surface area contributed by atoms with E-state index in [1.807, 2.05) is 13.0 Å². The normalized spacial score (nSPS) is 17.3. The topological polar surface area (TPSA) is 42.4 Å². The molecule has 0 amide bonds. The van der Waals surface area contributed by atoms with Gasteiger partial charge in [-0.3, -0.25) is 0 Å². The number of aliphatic hydroxyl groups excluding tert-OH is 1. The summed E-state index contributed by atoms with van der Waals surface area (Å²) in [7, 11) is 0. The van der Waals surface area contributed by atoms with E-state index in [4.69, 9.17) is 4.74 Å². The fraction of sp³-hybridized carbons (Fsp3) is 0.267. The number of benzene rings is 1. The van der Waals surface area contributed by atoms with Crippen molar-refractivity contribution in [2.75, 3.05) is 0 Å². The van der Waals surface area contributed by atoms with Crippen molar-refractivity contribution in [1.29, 1.82) is 0 Å². The molecule has 4 heteroatoms. The van der Waals surface area contributed by atoms with Crippen LogP contribution in [0, 0.1) is 12.7 Å². The van der Waals surface area contributed by atoms with Gasteiger partial charge in [0.05, 0.1) is 6.10 Å². The number of rotatable bonds is 2. The first kappa shape index (κ1) is 12.1. The zero-order chi connectivity index (χ0) is 13.4. The molecule has 0 fully saturated rings. The molecule has 1 heterocycles. The second-order valence-electron chi connectivity index (χ2n) is 4.77. The molecule has 1 aliphatic rings. The van der Waals surface area contributed by atoms with E-state index in [0.29, 0.717) is 30.0 Å². The number of aromatic nitrogens is 1. The summed E-state index contributed by atoms with van der Waals surface area (Å²) in [6.45, 7) is 1.95. The van der Waals surface area contributed by atoms with E-state index in [1.54, 1.807) is 18.3 Å². The Morgan fingerprint density at radius 2 is 2.16 bits per heavy atom. The smallest absolute Gasteiger partial charge is 0.219 e. The second kappa shape index (κ2) is 4.63. The Balaban J connectivity index is 1.96. The maximum absolute atomic E-state index is 13.7. The van der Waals surface area contributed by atoms with Gasteiger partial charge in [-0.1, -0.05) is 6.07 Å². The van der Waals surface area contributed by atoms with Crippen molar-refractivity contribution >= 4 is 0 Å². The van der Waals surface area contributed by atoms with Crippen molar-refractivity contribution in [1.82, 2.24) is 4.98 Å². The molecule has 0 spiro atoms. The van der Waals surface area contributed by atoms with E-state index < -0.39 is 6.10 Å². The molecule has 1 aromatic carbocycles. The van der Waals surface area contributed by atoms with E-state index in [0.717, 1.165) is 11.1 Å². The SMILES string of the molecule is Cc1ccc(Oc2ccc(F)c3c2CC[C@H]3O)nc1. The molecule has 0 aliphatic heterocycles. The van der Waals surface area contributed by atoms with E-state index >= 15 is 0 Å². The fourth-order valence-electron chi connectivity index (χ4n) is 2.38. The molecule has 1 aliphatic carbocycles. The highest BCUT2D eigenvalue weighted by Gasteiger charge is 2.27. The Hall–Kier alpha value is -1.94. The Kier molecular flexibility index (Phi) is 2.95. The highest BCUT2D eigenvalue weighted by atomic mass is 19.1. The van der Waals surface area contributed by atoms with Crippen molar-refractivity contribution in [3.8, 4) is 11.6 Å². The number of halogens is 1. The van der Waals surface area contributed by atoms with E-state index in [-0.39, 0.29) is 5.82 Å². The van der Waals surface area contributed by atoms with Crippen LogP contribution in [0.2, 0.25) is 0 Å². The van der Waals surface area contributed by atoms with Gasteiger partial charge in [-0.2, -0.15) is 0 Å². The first-order valence-electron chi connectivity index (χ1n) is 6.25. The monoisotopic (exact) mass is 259 g/mol. The molecule has 0 bridgehead atoms. The third-order valence-electron chi connectivity index (χ3n) is 3.36. The average molecular weight is 259 g/mol. The van der Waals surface area contributed by atoms with Crippen LogP contribution in [-0.2, 0) is 6.42 Å². The van der Waals surface area contributed by atoms with E-state index in [2.05, 4.69) is 4.98 Å². The van der Waals surface area contributed by atoms with Crippen LogP contribution in [0.4, 0.5) is 4.39 Å². The quantitative estimate of drug-likeness (QED) is 0.899. The first-order valence-corrected chi connectivity index (χ1v) is 6.25. The Morgan fingerprint density at radius 3 is 2.89 bits per heavy atom. The number of aliphatic hydroxyl groups is 1. The number of hydrogen-bond acceptors (Lipinski definition) is 3.